The minimum absolute atomic E-state index is 0.00290. The van der Waals surface area contributed by atoms with Crippen LogP contribution in [0, 0.1) is 0 Å². The third kappa shape index (κ3) is 5.55. The van der Waals surface area contributed by atoms with E-state index in [-0.39, 0.29) is 10.3 Å². The lowest BCUT2D eigenvalue weighted by Crippen LogP contribution is -2.42. The Morgan fingerprint density at radius 3 is 2.40 bits per heavy atom. The SMILES string of the molecule is CN=C(NCc1ccc(S(N)(=O)=O)cc1)NCC(C)(C)c1cccs1. The van der Waals surface area contributed by atoms with Gasteiger partial charge in [0.15, 0.2) is 5.96 Å². The predicted molar refractivity (Wildman–Crippen MR) is 103 cm³/mol. The number of hydrogen-bond donors (Lipinski definition) is 3. The normalized spacial score (nSPS) is 12.9. The average molecular weight is 381 g/mol. The van der Waals surface area contributed by atoms with Crippen LogP contribution in [0.15, 0.2) is 51.7 Å². The molecule has 0 aliphatic carbocycles. The van der Waals surface area contributed by atoms with Crippen molar-refractivity contribution < 1.29 is 8.42 Å². The van der Waals surface area contributed by atoms with Gasteiger partial charge >= 0.3 is 0 Å². The molecule has 2 rings (SSSR count). The van der Waals surface area contributed by atoms with Gasteiger partial charge in [-0.25, -0.2) is 13.6 Å². The molecule has 0 aliphatic rings. The Balaban J connectivity index is 1.90. The molecule has 8 heteroatoms. The van der Waals surface area contributed by atoms with E-state index in [2.05, 4.69) is 47.0 Å². The second kappa shape index (κ2) is 7.99. The highest BCUT2D eigenvalue weighted by Crippen LogP contribution is 2.26. The maximum Gasteiger partial charge on any atom is 0.238 e. The second-order valence-corrected chi connectivity index (χ2v) is 8.84. The first kappa shape index (κ1) is 19.4. The first-order valence-corrected chi connectivity index (χ1v) is 10.3. The molecule has 0 fully saturated rings. The molecule has 1 aromatic heterocycles. The molecule has 0 saturated carbocycles. The van der Waals surface area contributed by atoms with Gasteiger partial charge in [0.2, 0.25) is 10.0 Å². The summed E-state index contributed by atoms with van der Waals surface area (Å²) in [6, 6.07) is 10.7. The molecule has 0 atom stereocenters. The van der Waals surface area contributed by atoms with Crippen LogP contribution in [0.25, 0.3) is 0 Å². The summed E-state index contributed by atoms with van der Waals surface area (Å²) >= 11 is 1.74. The highest BCUT2D eigenvalue weighted by molar-refractivity contribution is 7.89. The van der Waals surface area contributed by atoms with Gasteiger partial charge in [-0.15, -0.1) is 11.3 Å². The van der Waals surface area contributed by atoms with Crippen LogP contribution in [0.1, 0.15) is 24.3 Å². The van der Waals surface area contributed by atoms with Crippen molar-refractivity contribution in [2.24, 2.45) is 10.1 Å². The fourth-order valence-electron chi connectivity index (χ4n) is 2.26. The van der Waals surface area contributed by atoms with Gasteiger partial charge < -0.3 is 10.6 Å². The minimum atomic E-state index is -3.66. The molecule has 0 saturated heterocycles. The maximum atomic E-state index is 11.3. The van der Waals surface area contributed by atoms with Gasteiger partial charge in [0, 0.05) is 30.4 Å². The zero-order chi connectivity index (χ0) is 18.5. The van der Waals surface area contributed by atoms with Gasteiger partial charge in [0.05, 0.1) is 4.90 Å². The Bertz CT molecular complexity index is 811. The molecule has 0 spiro atoms. The first-order chi connectivity index (χ1) is 11.7. The van der Waals surface area contributed by atoms with Crippen LogP contribution >= 0.6 is 11.3 Å². The van der Waals surface area contributed by atoms with Crippen LogP contribution < -0.4 is 15.8 Å². The molecule has 1 aromatic carbocycles. The average Bonchev–Trinajstić information content (AvgIpc) is 3.10. The van der Waals surface area contributed by atoms with E-state index in [1.165, 1.54) is 17.0 Å². The Labute approximate surface area is 153 Å². The highest BCUT2D eigenvalue weighted by Gasteiger charge is 2.21. The fraction of sp³-hybridized carbons (Fsp3) is 0.353. The van der Waals surface area contributed by atoms with Crippen molar-refractivity contribution in [3.63, 3.8) is 0 Å². The number of hydrogen-bond acceptors (Lipinski definition) is 4. The lowest BCUT2D eigenvalue weighted by atomic mass is 9.91. The summed E-state index contributed by atoms with van der Waals surface area (Å²) in [5.41, 5.74) is 0.941. The molecule has 0 aliphatic heterocycles. The van der Waals surface area contributed by atoms with E-state index in [4.69, 9.17) is 5.14 Å². The largest absolute Gasteiger partial charge is 0.356 e. The van der Waals surface area contributed by atoms with E-state index in [1.54, 1.807) is 30.5 Å². The number of guanidine groups is 1. The number of thiophene rings is 1. The lowest BCUT2D eigenvalue weighted by Gasteiger charge is -2.25. The Kier molecular flexibility index (Phi) is 6.21. The van der Waals surface area contributed by atoms with Crippen molar-refractivity contribution in [1.29, 1.82) is 0 Å². The van der Waals surface area contributed by atoms with Crippen molar-refractivity contribution in [3.8, 4) is 0 Å². The topological polar surface area (TPSA) is 96.6 Å². The van der Waals surface area contributed by atoms with Crippen molar-refractivity contribution in [2.45, 2.75) is 30.7 Å². The number of sulfonamides is 1. The van der Waals surface area contributed by atoms with Crippen LogP contribution in [-0.4, -0.2) is 28.0 Å². The number of nitrogens with one attached hydrogen (secondary N) is 2. The summed E-state index contributed by atoms with van der Waals surface area (Å²) in [7, 11) is -1.94. The molecule has 25 heavy (non-hydrogen) atoms. The lowest BCUT2D eigenvalue weighted by molar-refractivity contribution is 0.518. The van der Waals surface area contributed by atoms with E-state index in [1.807, 2.05) is 0 Å². The molecule has 0 radical (unpaired) electrons. The molecule has 0 amide bonds. The summed E-state index contributed by atoms with van der Waals surface area (Å²) < 4.78 is 22.5. The maximum absolute atomic E-state index is 11.3. The number of aliphatic imine (C=N–C) groups is 1. The molecule has 1 heterocycles. The molecule has 4 N–H and O–H groups in total. The molecule has 2 aromatic rings. The number of benzene rings is 1. The highest BCUT2D eigenvalue weighted by atomic mass is 32.2. The summed E-state index contributed by atoms with van der Waals surface area (Å²) in [4.78, 5) is 5.65. The van der Waals surface area contributed by atoms with Gasteiger partial charge in [-0.2, -0.15) is 0 Å². The molecule has 0 unspecified atom stereocenters. The number of rotatable bonds is 6. The van der Waals surface area contributed by atoms with Crippen molar-refractivity contribution in [1.82, 2.24) is 10.6 Å². The molecule has 6 nitrogen and oxygen atoms in total. The zero-order valence-electron chi connectivity index (χ0n) is 14.6. The quantitative estimate of drug-likeness (QED) is 0.528. The van der Waals surface area contributed by atoms with Crippen LogP contribution in [-0.2, 0) is 22.0 Å². The van der Waals surface area contributed by atoms with Crippen LogP contribution in [0.5, 0.6) is 0 Å². The summed E-state index contributed by atoms with van der Waals surface area (Å²) in [6.07, 6.45) is 0. The summed E-state index contributed by atoms with van der Waals surface area (Å²) in [6.45, 7) is 5.65. The third-order valence-corrected chi connectivity index (χ3v) is 5.99. The van der Waals surface area contributed by atoms with Gasteiger partial charge in [0.1, 0.15) is 0 Å². The standard InChI is InChI=1S/C17H24N4O2S2/c1-17(2,15-5-4-10-24-15)12-21-16(19-3)20-11-13-6-8-14(9-7-13)25(18,22)23/h4-10H,11-12H2,1-3H3,(H2,18,22,23)(H2,19,20,21). The predicted octanol–water partition coefficient (Wildman–Crippen LogP) is 2.04. The second-order valence-electron chi connectivity index (χ2n) is 6.33. The fourth-order valence-corrected chi connectivity index (χ4v) is 3.63. The van der Waals surface area contributed by atoms with Crippen molar-refractivity contribution in [3.05, 3.63) is 52.2 Å². The smallest absolute Gasteiger partial charge is 0.238 e. The van der Waals surface area contributed by atoms with Crippen LogP contribution in [0.4, 0.5) is 0 Å². The third-order valence-electron chi connectivity index (χ3n) is 3.82. The van der Waals surface area contributed by atoms with Gasteiger partial charge in [-0.05, 0) is 29.1 Å². The van der Waals surface area contributed by atoms with Crippen LogP contribution in [0.2, 0.25) is 0 Å². The molecular formula is C17H24N4O2S2. The van der Waals surface area contributed by atoms with Crippen molar-refractivity contribution in [2.75, 3.05) is 13.6 Å². The number of primary sulfonamides is 1. The monoisotopic (exact) mass is 380 g/mol. The zero-order valence-corrected chi connectivity index (χ0v) is 16.2. The van der Waals surface area contributed by atoms with E-state index in [9.17, 15) is 8.42 Å². The molecule has 136 valence electrons. The number of nitrogens with zero attached hydrogens (tertiary/aromatic N) is 1. The Morgan fingerprint density at radius 2 is 1.88 bits per heavy atom. The van der Waals surface area contributed by atoms with Gasteiger partial charge in [-0.1, -0.05) is 32.0 Å². The van der Waals surface area contributed by atoms with E-state index >= 15 is 0 Å². The first-order valence-electron chi connectivity index (χ1n) is 7.82. The minimum Gasteiger partial charge on any atom is -0.356 e. The summed E-state index contributed by atoms with van der Waals surface area (Å²) in [5.74, 6) is 0.695. The Hall–Kier alpha value is -1.90. The molecular weight excluding hydrogens is 356 g/mol. The Morgan fingerprint density at radius 1 is 1.20 bits per heavy atom. The van der Waals surface area contributed by atoms with Crippen LogP contribution in [0.3, 0.4) is 0 Å². The van der Waals surface area contributed by atoms with Gasteiger partial charge in [0.25, 0.3) is 0 Å². The number of nitrogens with two attached hydrogens (primary N) is 1. The van der Waals surface area contributed by atoms with E-state index in [0.717, 1.165) is 12.1 Å². The van der Waals surface area contributed by atoms with Crippen molar-refractivity contribution >= 4 is 27.3 Å². The van der Waals surface area contributed by atoms with E-state index < -0.39 is 10.0 Å². The van der Waals surface area contributed by atoms with E-state index in [0.29, 0.717) is 12.5 Å². The molecule has 0 bridgehead atoms. The van der Waals surface area contributed by atoms with Gasteiger partial charge in [-0.3, -0.25) is 4.99 Å². The summed E-state index contributed by atoms with van der Waals surface area (Å²) in [5, 5.41) is 13.7.